The van der Waals surface area contributed by atoms with Crippen molar-refractivity contribution < 1.29 is 0 Å². The van der Waals surface area contributed by atoms with Crippen molar-refractivity contribution in [3.8, 4) is 0 Å². The molecule has 0 aromatic heterocycles. The predicted molar refractivity (Wildman–Crippen MR) is 96.0 cm³/mol. The number of hydrogen-bond acceptors (Lipinski definition) is 1. The second kappa shape index (κ2) is 13.6. The minimum Gasteiger partial charge on any atom is -0.303 e. The lowest BCUT2D eigenvalue weighted by Gasteiger charge is -2.28. The molecule has 1 heteroatoms. The van der Waals surface area contributed by atoms with Gasteiger partial charge in [0.2, 0.25) is 0 Å². The zero-order valence-corrected chi connectivity index (χ0v) is 15.0. The van der Waals surface area contributed by atoms with E-state index < -0.39 is 0 Å². The van der Waals surface area contributed by atoms with Crippen molar-refractivity contribution in [2.45, 2.75) is 116 Å². The molecule has 1 fully saturated rings. The van der Waals surface area contributed by atoms with Crippen LogP contribution in [0.1, 0.15) is 110 Å². The van der Waals surface area contributed by atoms with Crippen LogP contribution in [0, 0.1) is 0 Å². The Labute approximate surface area is 134 Å². The van der Waals surface area contributed by atoms with E-state index in [2.05, 4.69) is 18.9 Å². The van der Waals surface area contributed by atoms with E-state index in [9.17, 15) is 0 Å². The van der Waals surface area contributed by atoms with Gasteiger partial charge in [0.15, 0.2) is 0 Å². The first kappa shape index (κ1) is 19.0. The van der Waals surface area contributed by atoms with E-state index in [0.29, 0.717) is 0 Å². The number of rotatable bonds is 10. The van der Waals surface area contributed by atoms with E-state index in [1.54, 1.807) is 0 Å². The number of nitrogens with zero attached hydrogens (tertiary/aromatic N) is 1. The van der Waals surface area contributed by atoms with Gasteiger partial charge >= 0.3 is 0 Å². The maximum absolute atomic E-state index is 2.68. The average Bonchev–Trinajstić information content (AvgIpc) is 2.63. The van der Waals surface area contributed by atoms with E-state index in [1.807, 2.05) is 0 Å². The van der Waals surface area contributed by atoms with Gasteiger partial charge in [-0.15, -0.1) is 0 Å². The SMILES string of the molecule is CCCCCCCCCCN(C)C1CCCCCCCC1. The Morgan fingerprint density at radius 1 is 0.667 bits per heavy atom. The summed E-state index contributed by atoms with van der Waals surface area (Å²) in [5.41, 5.74) is 0. The third kappa shape index (κ3) is 10.3. The molecule has 1 rings (SSSR count). The summed E-state index contributed by atoms with van der Waals surface area (Å²) in [7, 11) is 2.38. The van der Waals surface area contributed by atoms with Crippen LogP contribution in [0.25, 0.3) is 0 Å². The van der Waals surface area contributed by atoms with E-state index in [4.69, 9.17) is 0 Å². The van der Waals surface area contributed by atoms with Gasteiger partial charge in [0, 0.05) is 6.04 Å². The van der Waals surface area contributed by atoms with Gasteiger partial charge in [-0.1, -0.05) is 90.4 Å². The van der Waals surface area contributed by atoms with Crippen LogP contribution in [-0.4, -0.2) is 24.5 Å². The molecule has 1 aliphatic carbocycles. The third-order valence-corrected chi connectivity index (χ3v) is 5.31. The molecule has 0 N–H and O–H groups in total. The average molecular weight is 296 g/mol. The van der Waals surface area contributed by atoms with Crippen LogP contribution in [-0.2, 0) is 0 Å². The van der Waals surface area contributed by atoms with Crippen molar-refractivity contribution >= 4 is 0 Å². The van der Waals surface area contributed by atoms with Crippen molar-refractivity contribution in [1.82, 2.24) is 4.90 Å². The maximum atomic E-state index is 2.68. The molecular formula is C20H41N. The van der Waals surface area contributed by atoms with Crippen molar-refractivity contribution in [1.29, 1.82) is 0 Å². The van der Waals surface area contributed by atoms with Gasteiger partial charge in [-0.25, -0.2) is 0 Å². The lowest BCUT2D eigenvalue weighted by atomic mass is 10.0. The zero-order chi connectivity index (χ0) is 15.2. The van der Waals surface area contributed by atoms with Crippen LogP contribution in [0.15, 0.2) is 0 Å². The zero-order valence-electron chi connectivity index (χ0n) is 15.0. The highest BCUT2D eigenvalue weighted by Gasteiger charge is 2.14. The molecule has 0 heterocycles. The molecule has 21 heavy (non-hydrogen) atoms. The highest BCUT2D eigenvalue weighted by molar-refractivity contribution is 4.71. The molecule has 0 aromatic carbocycles. The second-order valence-electron chi connectivity index (χ2n) is 7.31. The minimum absolute atomic E-state index is 0.882. The molecular weight excluding hydrogens is 254 g/mol. The molecule has 0 unspecified atom stereocenters. The fraction of sp³-hybridized carbons (Fsp3) is 1.00. The molecule has 126 valence electrons. The van der Waals surface area contributed by atoms with Gasteiger partial charge in [-0.05, 0) is 32.9 Å². The summed E-state index contributed by atoms with van der Waals surface area (Å²) in [6.45, 7) is 3.63. The fourth-order valence-corrected chi connectivity index (χ4v) is 3.73. The van der Waals surface area contributed by atoms with E-state index in [0.717, 1.165) is 6.04 Å². The van der Waals surface area contributed by atoms with Crippen LogP contribution in [0.2, 0.25) is 0 Å². The fourth-order valence-electron chi connectivity index (χ4n) is 3.73. The van der Waals surface area contributed by atoms with Crippen LogP contribution in [0.3, 0.4) is 0 Å². The largest absolute Gasteiger partial charge is 0.303 e. The van der Waals surface area contributed by atoms with Gasteiger partial charge < -0.3 is 4.90 Å². The maximum Gasteiger partial charge on any atom is 0.00922 e. The smallest absolute Gasteiger partial charge is 0.00922 e. The first-order valence-electron chi connectivity index (χ1n) is 10.0. The quantitative estimate of drug-likeness (QED) is 0.412. The van der Waals surface area contributed by atoms with Crippen molar-refractivity contribution in [2.24, 2.45) is 0 Å². The summed E-state index contributed by atoms with van der Waals surface area (Å²) in [5, 5.41) is 0. The summed E-state index contributed by atoms with van der Waals surface area (Å²) < 4.78 is 0. The minimum atomic E-state index is 0.882. The number of hydrogen-bond donors (Lipinski definition) is 0. The van der Waals surface area contributed by atoms with E-state index in [1.165, 1.54) is 109 Å². The highest BCUT2D eigenvalue weighted by Crippen LogP contribution is 2.20. The van der Waals surface area contributed by atoms with Gasteiger partial charge in [0.05, 0.1) is 0 Å². The molecule has 0 atom stereocenters. The summed E-state index contributed by atoms with van der Waals surface area (Å²) >= 11 is 0. The third-order valence-electron chi connectivity index (χ3n) is 5.31. The normalized spacial score (nSPS) is 18.4. The molecule has 1 saturated carbocycles. The molecule has 1 nitrogen and oxygen atoms in total. The van der Waals surface area contributed by atoms with Crippen molar-refractivity contribution in [2.75, 3.05) is 13.6 Å². The Kier molecular flexibility index (Phi) is 12.3. The van der Waals surface area contributed by atoms with Gasteiger partial charge in [-0.2, -0.15) is 0 Å². The standard InChI is InChI=1S/C20H41N/c1-3-4-5-6-7-10-13-16-19-21(2)20-17-14-11-8-9-12-15-18-20/h20H,3-19H2,1-2H3. The first-order chi connectivity index (χ1) is 10.3. The monoisotopic (exact) mass is 295 g/mol. The van der Waals surface area contributed by atoms with Gasteiger partial charge in [0.1, 0.15) is 0 Å². The number of unbranched alkanes of at least 4 members (excludes halogenated alkanes) is 7. The molecule has 0 saturated heterocycles. The summed E-state index contributed by atoms with van der Waals surface area (Å²) in [4.78, 5) is 2.68. The first-order valence-corrected chi connectivity index (χ1v) is 10.0. The van der Waals surface area contributed by atoms with Crippen LogP contribution < -0.4 is 0 Å². The second-order valence-corrected chi connectivity index (χ2v) is 7.31. The van der Waals surface area contributed by atoms with Crippen LogP contribution in [0.4, 0.5) is 0 Å². The lowest BCUT2D eigenvalue weighted by Crippen LogP contribution is -2.32. The summed E-state index contributed by atoms with van der Waals surface area (Å²) in [6.07, 6.45) is 23.3. The Hall–Kier alpha value is -0.0400. The van der Waals surface area contributed by atoms with Crippen LogP contribution in [0.5, 0.6) is 0 Å². The van der Waals surface area contributed by atoms with Gasteiger partial charge in [-0.3, -0.25) is 0 Å². The molecule has 0 spiro atoms. The lowest BCUT2D eigenvalue weighted by molar-refractivity contribution is 0.209. The Balaban J connectivity index is 2.01. The van der Waals surface area contributed by atoms with E-state index >= 15 is 0 Å². The highest BCUT2D eigenvalue weighted by atomic mass is 15.1. The predicted octanol–water partition coefficient (Wildman–Crippen LogP) is 6.56. The Morgan fingerprint density at radius 3 is 1.71 bits per heavy atom. The van der Waals surface area contributed by atoms with E-state index in [-0.39, 0.29) is 0 Å². The molecule has 0 aliphatic heterocycles. The molecule has 0 radical (unpaired) electrons. The van der Waals surface area contributed by atoms with Crippen molar-refractivity contribution in [3.63, 3.8) is 0 Å². The van der Waals surface area contributed by atoms with Crippen molar-refractivity contribution in [3.05, 3.63) is 0 Å². The topological polar surface area (TPSA) is 3.24 Å². The summed E-state index contributed by atoms with van der Waals surface area (Å²) in [6, 6.07) is 0.882. The Bertz CT molecular complexity index is 204. The Morgan fingerprint density at radius 2 is 1.14 bits per heavy atom. The molecule has 1 aliphatic rings. The molecule has 0 amide bonds. The summed E-state index contributed by atoms with van der Waals surface area (Å²) in [5.74, 6) is 0. The van der Waals surface area contributed by atoms with Crippen LogP contribution >= 0.6 is 0 Å². The molecule has 0 bridgehead atoms. The van der Waals surface area contributed by atoms with Gasteiger partial charge in [0.25, 0.3) is 0 Å². The molecule has 0 aromatic rings.